The number of hydrogen-bond acceptors (Lipinski definition) is 6. The molecule has 4 unspecified atom stereocenters. The summed E-state index contributed by atoms with van der Waals surface area (Å²) in [6, 6.07) is -3.94. The molecule has 30 heavy (non-hydrogen) atoms. The summed E-state index contributed by atoms with van der Waals surface area (Å²) in [5.41, 5.74) is 5.90. The van der Waals surface area contributed by atoms with E-state index < -0.39 is 54.5 Å². The highest BCUT2D eigenvalue weighted by Gasteiger charge is 2.38. The first-order valence-corrected chi connectivity index (χ1v) is 10.5. The van der Waals surface area contributed by atoms with Gasteiger partial charge in [0.1, 0.15) is 18.1 Å². The lowest BCUT2D eigenvalue weighted by Crippen LogP contribution is -2.58. The van der Waals surface area contributed by atoms with Crippen molar-refractivity contribution in [2.24, 2.45) is 17.6 Å². The molecular weight excluding hydrogens is 392 g/mol. The Labute approximate surface area is 177 Å². The van der Waals surface area contributed by atoms with Gasteiger partial charge in [-0.25, -0.2) is 4.79 Å². The molecule has 10 nitrogen and oxygen atoms in total. The summed E-state index contributed by atoms with van der Waals surface area (Å²) in [4.78, 5) is 50.4. The lowest BCUT2D eigenvalue weighted by Gasteiger charge is -2.28. The van der Waals surface area contributed by atoms with Crippen molar-refractivity contribution in [1.29, 1.82) is 0 Å². The number of aliphatic hydroxyl groups excluding tert-OH is 1. The number of aliphatic hydroxyl groups is 1. The van der Waals surface area contributed by atoms with Crippen molar-refractivity contribution in [1.82, 2.24) is 15.5 Å². The highest BCUT2D eigenvalue weighted by molar-refractivity contribution is 5.94. The third kappa shape index (κ3) is 7.56. The van der Waals surface area contributed by atoms with E-state index in [1.54, 1.807) is 0 Å². The third-order valence-electron chi connectivity index (χ3n) is 5.02. The van der Waals surface area contributed by atoms with Gasteiger partial charge in [0, 0.05) is 6.54 Å². The zero-order valence-corrected chi connectivity index (χ0v) is 18.3. The summed E-state index contributed by atoms with van der Waals surface area (Å²) in [7, 11) is 0. The second-order valence-corrected chi connectivity index (χ2v) is 8.70. The number of nitrogens with two attached hydrogens (primary N) is 1. The molecule has 1 aliphatic heterocycles. The van der Waals surface area contributed by atoms with Gasteiger partial charge in [0.15, 0.2) is 0 Å². The Kier molecular flexibility index (Phi) is 10.2. The number of nitrogens with zero attached hydrogens (tertiary/aromatic N) is 1. The van der Waals surface area contributed by atoms with E-state index in [-0.39, 0.29) is 18.4 Å². The number of carbonyl (C=O) groups excluding carboxylic acids is 3. The lowest BCUT2D eigenvalue weighted by molar-refractivity contribution is -0.150. The molecule has 1 rings (SSSR count). The van der Waals surface area contributed by atoms with Crippen LogP contribution in [0.15, 0.2) is 0 Å². The topological polar surface area (TPSA) is 162 Å². The van der Waals surface area contributed by atoms with E-state index in [1.165, 1.54) is 0 Å². The van der Waals surface area contributed by atoms with Gasteiger partial charge in [-0.1, -0.05) is 27.7 Å². The summed E-state index contributed by atoms with van der Waals surface area (Å²) in [5.74, 6) is -2.56. The summed E-state index contributed by atoms with van der Waals surface area (Å²) in [6.07, 6.45) is 1.65. The summed E-state index contributed by atoms with van der Waals surface area (Å²) in [6.45, 7) is 7.21. The molecule has 0 radical (unpaired) electrons. The van der Waals surface area contributed by atoms with Crippen LogP contribution in [0.5, 0.6) is 0 Å². The molecule has 0 aromatic carbocycles. The van der Waals surface area contributed by atoms with Crippen LogP contribution in [-0.2, 0) is 19.2 Å². The Morgan fingerprint density at radius 1 is 1.00 bits per heavy atom. The number of amides is 3. The number of carboxylic acids is 1. The molecular formula is C20H36N4O6. The maximum absolute atomic E-state index is 12.8. The van der Waals surface area contributed by atoms with Crippen molar-refractivity contribution in [3.05, 3.63) is 0 Å². The fraction of sp³-hybridized carbons (Fsp3) is 0.800. The van der Waals surface area contributed by atoms with Crippen molar-refractivity contribution < 1.29 is 29.4 Å². The van der Waals surface area contributed by atoms with Gasteiger partial charge in [0.25, 0.3) is 0 Å². The molecule has 1 saturated heterocycles. The van der Waals surface area contributed by atoms with Gasteiger partial charge in [-0.2, -0.15) is 0 Å². The Balaban J connectivity index is 2.86. The molecule has 0 aliphatic carbocycles. The molecule has 6 N–H and O–H groups in total. The number of aliphatic carboxylic acids is 1. The van der Waals surface area contributed by atoms with Crippen molar-refractivity contribution in [3.8, 4) is 0 Å². The molecule has 1 heterocycles. The minimum Gasteiger partial charge on any atom is -0.480 e. The molecule has 1 fully saturated rings. The van der Waals surface area contributed by atoms with E-state index in [9.17, 15) is 29.4 Å². The van der Waals surface area contributed by atoms with Gasteiger partial charge in [0.2, 0.25) is 17.7 Å². The average molecular weight is 429 g/mol. The first-order valence-electron chi connectivity index (χ1n) is 10.5. The van der Waals surface area contributed by atoms with Crippen LogP contribution in [0.1, 0.15) is 53.4 Å². The number of rotatable bonds is 11. The van der Waals surface area contributed by atoms with Gasteiger partial charge in [-0.05, 0) is 37.5 Å². The Morgan fingerprint density at radius 2 is 1.57 bits per heavy atom. The smallest absolute Gasteiger partial charge is 0.326 e. The molecule has 0 spiro atoms. The first kappa shape index (κ1) is 25.8. The second kappa shape index (κ2) is 11.8. The van der Waals surface area contributed by atoms with Crippen LogP contribution in [0.4, 0.5) is 0 Å². The monoisotopic (exact) mass is 428 g/mol. The van der Waals surface area contributed by atoms with Crippen LogP contribution >= 0.6 is 0 Å². The quantitative estimate of drug-likeness (QED) is 0.295. The predicted octanol–water partition coefficient (Wildman–Crippen LogP) is -0.557. The second-order valence-electron chi connectivity index (χ2n) is 8.70. The van der Waals surface area contributed by atoms with E-state index >= 15 is 0 Å². The molecule has 10 heteroatoms. The number of carboxylic acid groups (broad SMARTS) is 1. The first-order chi connectivity index (χ1) is 14.0. The van der Waals surface area contributed by atoms with E-state index in [4.69, 9.17) is 5.73 Å². The Bertz CT molecular complexity index is 624. The normalized spacial score (nSPS) is 19.5. The average Bonchev–Trinajstić information content (AvgIpc) is 3.13. The fourth-order valence-electron chi connectivity index (χ4n) is 3.54. The minimum absolute atomic E-state index is 0.0700. The standard InChI is InChI=1S/C20H36N4O6/c1-11(2)8-13(21)17(26)22-14(9-12(3)4)18(27)23-15(10-25)19(28)24-7-5-6-16(24)20(29)30/h11-16,25H,5-10,21H2,1-4H3,(H,22,26)(H,23,27)(H,29,30). The maximum Gasteiger partial charge on any atom is 0.326 e. The number of nitrogens with one attached hydrogen (secondary N) is 2. The van der Waals surface area contributed by atoms with Gasteiger partial charge < -0.3 is 31.5 Å². The van der Waals surface area contributed by atoms with Crippen molar-refractivity contribution in [3.63, 3.8) is 0 Å². The number of carbonyl (C=O) groups is 4. The van der Waals surface area contributed by atoms with Crippen LogP contribution in [0.3, 0.4) is 0 Å². The van der Waals surface area contributed by atoms with E-state index in [0.717, 1.165) is 4.90 Å². The van der Waals surface area contributed by atoms with Crippen LogP contribution in [0.2, 0.25) is 0 Å². The van der Waals surface area contributed by atoms with Crippen molar-refractivity contribution in [2.75, 3.05) is 13.2 Å². The molecule has 1 aliphatic rings. The van der Waals surface area contributed by atoms with Crippen molar-refractivity contribution >= 4 is 23.7 Å². The van der Waals surface area contributed by atoms with Gasteiger partial charge in [0.05, 0.1) is 12.6 Å². The Morgan fingerprint density at radius 3 is 2.07 bits per heavy atom. The van der Waals surface area contributed by atoms with Crippen LogP contribution in [0, 0.1) is 11.8 Å². The molecule has 0 bridgehead atoms. The SMILES string of the molecule is CC(C)CC(N)C(=O)NC(CC(C)C)C(=O)NC(CO)C(=O)N1CCCC1C(=O)O. The zero-order chi connectivity index (χ0) is 23.0. The fourth-order valence-corrected chi connectivity index (χ4v) is 3.54. The molecule has 0 aromatic rings. The van der Waals surface area contributed by atoms with Gasteiger partial charge >= 0.3 is 5.97 Å². The maximum atomic E-state index is 12.8. The van der Waals surface area contributed by atoms with E-state index in [2.05, 4.69) is 10.6 Å². The summed E-state index contributed by atoms with van der Waals surface area (Å²) in [5, 5.41) is 24.0. The van der Waals surface area contributed by atoms with Crippen molar-refractivity contribution in [2.45, 2.75) is 77.5 Å². The Hall–Kier alpha value is -2.20. The third-order valence-corrected chi connectivity index (χ3v) is 5.02. The van der Waals surface area contributed by atoms with E-state index in [0.29, 0.717) is 25.7 Å². The largest absolute Gasteiger partial charge is 0.480 e. The highest BCUT2D eigenvalue weighted by atomic mass is 16.4. The number of hydrogen-bond donors (Lipinski definition) is 5. The van der Waals surface area contributed by atoms with Gasteiger partial charge in [-0.15, -0.1) is 0 Å². The van der Waals surface area contributed by atoms with Gasteiger partial charge in [-0.3, -0.25) is 14.4 Å². The summed E-state index contributed by atoms with van der Waals surface area (Å²) < 4.78 is 0. The van der Waals surface area contributed by atoms with E-state index in [1.807, 2.05) is 27.7 Å². The zero-order valence-electron chi connectivity index (χ0n) is 18.3. The highest BCUT2D eigenvalue weighted by Crippen LogP contribution is 2.18. The molecule has 0 aromatic heterocycles. The molecule has 4 atom stereocenters. The molecule has 172 valence electrons. The van der Waals surface area contributed by atoms with Crippen LogP contribution in [-0.4, -0.2) is 76.1 Å². The predicted molar refractivity (Wildman–Crippen MR) is 110 cm³/mol. The molecule has 0 saturated carbocycles. The van der Waals surface area contributed by atoms with Crippen LogP contribution < -0.4 is 16.4 Å². The minimum atomic E-state index is -1.28. The summed E-state index contributed by atoms with van der Waals surface area (Å²) >= 11 is 0. The number of likely N-dealkylation sites (tertiary alicyclic amines) is 1. The lowest BCUT2D eigenvalue weighted by atomic mass is 10.0. The molecule has 3 amide bonds. The van der Waals surface area contributed by atoms with Crippen LogP contribution in [0.25, 0.3) is 0 Å².